The number of fused-ring (bicyclic) bond motifs is 15. The number of ether oxygens (including phenoxy) is 2. The minimum Gasteiger partial charge on any atom is -0.493 e. The van der Waals surface area contributed by atoms with Gasteiger partial charge >= 0.3 is 0 Å². The maximum atomic E-state index is 13.7. The molecule has 3 aromatic rings. The van der Waals surface area contributed by atoms with Gasteiger partial charge in [-0.2, -0.15) is 0 Å². The molecule has 4 amide bonds. The highest BCUT2D eigenvalue weighted by molar-refractivity contribution is 6.36. The molecule has 0 spiro atoms. The molecule has 11 nitrogen and oxygen atoms in total. The molecular formula is C36H41Cl2N5O6. The lowest BCUT2D eigenvalue weighted by Crippen LogP contribution is -2.46. The van der Waals surface area contributed by atoms with E-state index in [1.165, 1.54) is 4.90 Å². The zero-order valence-corrected chi connectivity index (χ0v) is 29.0. The van der Waals surface area contributed by atoms with E-state index in [1.807, 2.05) is 12.1 Å². The lowest BCUT2D eigenvalue weighted by Gasteiger charge is -2.24. The minimum atomic E-state index is -0.774. The van der Waals surface area contributed by atoms with Crippen LogP contribution >= 0.6 is 23.2 Å². The summed E-state index contributed by atoms with van der Waals surface area (Å²) in [5.41, 5.74) is 1.88. The van der Waals surface area contributed by atoms with Gasteiger partial charge in [-0.05, 0) is 73.2 Å². The van der Waals surface area contributed by atoms with Gasteiger partial charge in [0.15, 0.2) is 11.5 Å². The van der Waals surface area contributed by atoms with Crippen LogP contribution in [0.15, 0.2) is 60.9 Å². The first kappa shape index (κ1) is 35.9. The Kier molecular flexibility index (Phi) is 12.7. The zero-order chi connectivity index (χ0) is 34.8. The Labute approximate surface area is 296 Å². The van der Waals surface area contributed by atoms with Crippen LogP contribution in [0.25, 0.3) is 0 Å². The largest absolute Gasteiger partial charge is 0.493 e. The molecule has 2 aromatic carbocycles. The average molecular weight is 711 g/mol. The number of likely N-dealkylation sites (tertiary alicyclic amines) is 1. The third kappa shape index (κ3) is 9.64. The van der Waals surface area contributed by atoms with Crippen molar-refractivity contribution in [1.82, 2.24) is 25.4 Å². The number of hydrogen-bond acceptors (Lipinski definition) is 7. The summed E-state index contributed by atoms with van der Waals surface area (Å²) in [7, 11) is 1.54. The number of halogens is 2. The number of carbonyl (C=O) groups excluding carboxylic acids is 4. The van der Waals surface area contributed by atoms with Gasteiger partial charge in [-0.3, -0.25) is 24.2 Å². The Morgan fingerprint density at radius 3 is 2.51 bits per heavy atom. The molecule has 2 atom stereocenters. The van der Waals surface area contributed by atoms with E-state index >= 15 is 0 Å². The van der Waals surface area contributed by atoms with Crippen LogP contribution in [-0.2, 0) is 27.2 Å². The molecule has 13 heteroatoms. The number of carbonyl (C=O) groups is 4. The quantitative estimate of drug-likeness (QED) is 0.409. The van der Waals surface area contributed by atoms with Crippen LogP contribution in [0.2, 0.25) is 10.0 Å². The van der Waals surface area contributed by atoms with Gasteiger partial charge < -0.3 is 29.9 Å². The number of aromatic nitrogens is 1. The molecule has 3 aliphatic heterocycles. The van der Waals surface area contributed by atoms with Crippen LogP contribution in [0.5, 0.6) is 11.5 Å². The number of rotatable bonds is 4. The van der Waals surface area contributed by atoms with Gasteiger partial charge in [-0.15, -0.1) is 0 Å². The third-order valence-corrected chi connectivity index (χ3v) is 9.42. The number of nitrogens with one attached hydrogen (secondary N) is 2. The van der Waals surface area contributed by atoms with Crippen molar-refractivity contribution in [1.29, 1.82) is 0 Å². The maximum Gasteiger partial charge on any atom is 0.255 e. The van der Waals surface area contributed by atoms with Crippen molar-refractivity contribution < 1.29 is 28.7 Å². The molecule has 1 aromatic heterocycles. The summed E-state index contributed by atoms with van der Waals surface area (Å²) in [6, 6.07) is 13.2. The number of benzene rings is 2. The molecule has 2 N–H and O–H groups in total. The Morgan fingerprint density at radius 2 is 1.76 bits per heavy atom. The van der Waals surface area contributed by atoms with E-state index in [0.29, 0.717) is 84.5 Å². The van der Waals surface area contributed by atoms with Gasteiger partial charge in [0.1, 0.15) is 12.1 Å². The number of amides is 4. The first-order chi connectivity index (χ1) is 23.7. The highest BCUT2D eigenvalue weighted by Gasteiger charge is 2.41. The number of aryl methyl sites for hydroxylation is 1. The second-order valence-corrected chi connectivity index (χ2v) is 12.9. The highest BCUT2D eigenvalue weighted by Crippen LogP contribution is 2.33. The molecule has 0 saturated carbocycles. The molecule has 1 saturated heterocycles. The molecule has 0 radical (unpaired) electrons. The Balaban J connectivity index is 1.34. The maximum absolute atomic E-state index is 13.7. The number of pyridine rings is 1. The fourth-order valence-electron chi connectivity index (χ4n) is 6.09. The molecule has 1 fully saturated rings. The van der Waals surface area contributed by atoms with Gasteiger partial charge in [0.2, 0.25) is 17.7 Å². The van der Waals surface area contributed by atoms with Gasteiger partial charge in [0.05, 0.1) is 25.6 Å². The van der Waals surface area contributed by atoms with Crippen LogP contribution < -0.4 is 20.1 Å². The molecule has 3 aliphatic rings. The Hall–Kier alpha value is -4.35. The number of nitrogens with zero attached hydrogens (tertiary/aromatic N) is 3. The summed E-state index contributed by atoms with van der Waals surface area (Å²) < 4.78 is 12.0. The first-order valence-electron chi connectivity index (χ1n) is 16.5. The van der Waals surface area contributed by atoms with Crippen molar-refractivity contribution in [2.75, 3.05) is 39.8 Å². The molecule has 0 unspecified atom stereocenters. The van der Waals surface area contributed by atoms with Crippen LogP contribution in [0.1, 0.15) is 53.6 Å². The Morgan fingerprint density at radius 1 is 0.980 bits per heavy atom. The van der Waals surface area contributed by atoms with E-state index in [9.17, 15) is 19.2 Å². The predicted octanol–water partition coefficient (Wildman–Crippen LogP) is 4.48. The van der Waals surface area contributed by atoms with E-state index in [0.717, 1.165) is 5.56 Å². The SMILES string of the molecule is COc1cc2ccc1O[C@H]1C[C@@H](C(=O)NCCCCN(C(=O)c3cccnc3)CCCNC(=O)CC2)N(C(=O)Cc2c(Cl)cccc2Cl)C1. The van der Waals surface area contributed by atoms with Crippen molar-refractivity contribution in [2.45, 2.75) is 57.1 Å². The fourth-order valence-corrected chi connectivity index (χ4v) is 6.62. The summed E-state index contributed by atoms with van der Waals surface area (Å²) in [4.78, 5) is 60.6. The van der Waals surface area contributed by atoms with Crippen LogP contribution in [0, 0.1) is 0 Å². The van der Waals surface area contributed by atoms with Gasteiger partial charge in [0, 0.05) is 61.5 Å². The van der Waals surface area contributed by atoms with Gasteiger partial charge in [-0.1, -0.05) is 35.3 Å². The van der Waals surface area contributed by atoms with Crippen LogP contribution in [0.4, 0.5) is 0 Å². The normalized spacial score (nSPS) is 19.6. The second-order valence-electron chi connectivity index (χ2n) is 12.1. The molecule has 260 valence electrons. The van der Waals surface area contributed by atoms with E-state index in [1.54, 1.807) is 60.8 Å². The van der Waals surface area contributed by atoms with Gasteiger partial charge in [-0.25, -0.2) is 0 Å². The molecule has 6 rings (SSSR count). The average Bonchev–Trinajstić information content (AvgIpc) is 3.54. The van der Waals surface area contributed by atoms with E-state index < -0.39 is 12.1 Å². The number of hydrogen-bond donors (Lipinski definition) is 2. The summed E-state index contributed by atoms with van der Waals surface area (Å²) in [5.74, 6) is 0.176. The van der Waals surface area contributed by atoms with Gasteiger partial charge in [0.25, 0.3) is 5.91 Å². The molecule has 0 aliphatic carbocycles. The molecule has 4 bridgehead atoms. The topological polar surface area (TPSA) is 130 Å². The third-order valence-electron chi connectivity index (χ3n) is 8.71. The van der Waals surface area contributed by atoms with Crippen molar-refractivity contribution in [3.05, 3.63) is 87.7 Å². The lowest BCUT2D eigenvalue weighted by molar-refractivity contribution is -0.138. The first-order valence-corrected chi connectivity index (χ1v) is 17.3. The van der Waals surface area contributed by atoms with E-state index in [2.05, 4.69) is 15.6 Å². The minimum absolute atomic E-state index is 0.0681. The van der Waals surface area contributed by atoms with Crippen molar-refractivity contribution >= 4 is 46.8 Å². The zero-order valence-electron chi connectivity index (χ0n) is 27.5. The van der Waals surface area contributed by atoms with Crippen molar-refractivity contribution in [3.8, 4) is 11.5 Å². The van der Waals surface area contributed by atoms with E-state index in [-0.39, 0.29) is 49.4 Å². The summed E-state index contributed by atoms with van der Waals surface area (Å²) >= 11 is 12.8. The van der Waals surface area contributed by atoms with Crippen LogP contribution in [-0.4, -0.2) is 90.4 Å². The molecular weight excluding hydrogens is 669 g/mol. The van der Waals surface area contributed by atoms with E-state index in [4.69, 9.17) is 32.7 Å². The van der Waals surface area contributed by atoms with Crippen molar-refractivity contribution in [3.63, 3.8) is 0 Å². The highest BCUT2D eigenvalue weighted by atomic mass is 35.5. The number of methoxy groups -OCH3 is 1. The predicted molar refractivity (Wildman–Crippen MR) is 186 cm³/mol. The second kappa shape index (κ2) is 17.3. The Bertz CT molecular complexity index is 1620. The summed E-state index contributed by atoms with van der Waals surface area (Å²) in [6.07, 6.45) is 5.48. The fraction of sp³-hybridized carbons (Fsp3) is 0.417. The lowest BCUT2D eigenvalue weighted by atomic mass is 10.1. The monoisotopic (exact) mass is 709 g/mol. The standard InChI is InChI=1S/C36H41Cl2N5O6/c1-48-32-19-24-10-12-31(32)49-26-20-30(43(23-26)34(45)21-27-28(37)8-4-9-29(27)38)35(46)41-15-2-3-17-42(18-6-16-40-33(44)13-11-24)36(47)25-7-5-14-39-22-25/h4-5,7-10,12,14,19,22,26,30H,2-3,6,11,13,15-18,20-21,23H2,1H3,(H,40,44)(H,41,46)/t26-,30-/m0/s1. The summed E-state index contributed by atoms with van der Waals surface area (Å²) in [6.45, 7) is 1.89. The molecule has 49 heavy (non-hydrogen) atoms. The summed E-state index contributed by atoms with van der Waals surface area (Å²) in [5, 5.41) is 6.70. The van der Waals surface area contributed by atoms with Crippen LogP contribution in [0.3, 0.4) is 0 Å². The smallest absolute Gasteiger partial charge is 0.255 e. The molecule has 4 heterocycles. The van der Waals surface area contributed by atoms with Crippen molar-refractivity contribution in [2.24, 2.45) is 0 Å².